The summed E-state index contributed by atoms with van der Waals surface area (Å²) in [5, 5.41) is 16.2. The molecule has 1 aromatic carbocycles. The lowest BCUT2D eigenvalue weighted by molar-refractivity contribution is -0.132. The molecule has 152 valence electrons. The van der Waals surface area contributed by atoms with Crippen molar-refractivity contribution in [3.8, 4) is 11.6 Å². The molecule has 9 nitrogen and oxygen atoms in total. The number of nitrogens with one attached hydrogen (secondary N) is 1. The summed E-state index contributed by atoms with van der Waals surface area (Å²) >= 11 is 0. The maximum atomic E-state index is 12.5. The fourth-order valence-electron chi connectivity index (χ4n) is 3.26. The summed E-state index contributed by atoms with van der Waals surface area (Å²) in [6, 6.07) is 6.75. The minimum atomic E-state index is -0.758. The third kappa shape index (κ3) is 3.71. The number of carbonyl (C=O) groups excluding carboxylic acids is 1. The molecule has 2 heterocycles. The van der Waals surface area contributed by atoms with Crippen LogP contribution in [0.5, 0.6) is 11.6 Å². The fourth-order valence-corrected chi connectivity index (χ4v) is 3.26. The zero-order chi connectivity index (χ0) is 21.1. The van der Waals surface area contributed by atoms with Gasteiger partial charge in [-0.25, -0.2) is 9.80 Å². The molecule has 0 aliphatic carbocycles. The summed E-state index contributed by atoms with van der Waals surface area (Å²) < 4.78 is 6.15. The number of hydrazone groups is 1. The first-order valence-electron chi connectivity index (χ1n) is 9.12. The van der Waals surface area contributed by atoms with Crippen LogP contribution in [-0.4, -0.2) is 38.4 Å². The van der Waals surface area contributed by atoms with Crippen LogP contribution in [0.2, 0.25) is 0 Å². The van der Waals surface area contributed by atoms with Gasteiger partial charge in [0.2, 0.25) is 11.8 Å². The number of ether oxygens (including phenoxy) is 1. The molecule has 0 spiro atoms. The van der Waals surface area contributed by atoms with E-state index in [2.05, 4.69) is 16.7 Å². The van der Waals surface area contributed by atoms with Crippen LogP contribution in [0.4, 0.5) is 0 Å². The van der Waals surface area contributed by atoms with E-state index in [0.29, 0.717) is 5.75 Å². The number of hydrogen-bond acceptors (Lipinski definition) is 6. The second-order valence-corrected chi connectivity index (χ2v) is 6.49. The molecule has 0 saturated carbocycles. The molecule has 1 amide bonds. The lowest BCUT2D eigenvalue weighted by atomic mass is 9.99. The molecule has 1 aliphatic heterocycles. The minimum absolute atomic E-state index is 0.0151. The maximum absolute atomic E-state index is 12.5. The Bertz CT molecular complexity index is 1080. The summed E-state index contributed by atoms with van der Waals surface area (Å²) in [7, 11) is 1.56. The Balaban J connectivity index is 2.08. The van der Waals surface area contributed by atoms with E-state index in [1.165, 1.54) is 11.1 Å². The van der Waals surface area contributed by atoms with Crippen LogP contribution >= 0.6 is 0 Å². The van der Waals surface area contributed by atoms with E-state index in [4.69, 9.17) is 4.74 Å². The first-order chi connectivity index (χ1) is 13.9. The van der Waals surface area contributed by atoms with Crippen LogP contribution < -0.4 is 16.0 Å². The van der Waals surface area contributed by atoms with Crippen LogP contribution in [-0.2, 0) is 11.3 Å². The number of allylic oxidation sites excluding steroid dienone is 1. The number of aromatic nitrogens is 2. The van der Waals surface area contributed by atoms with Crippen LogP contribution in [0.1, 0.15) is 36.9 Å². The van der Waals surface area contributed by atoms with Gasteiger partial charge >= 0.3 is 5.69 Å². The number of carbonyl (C=O) groups is 1. The molecule has 1 aliphatic rings. The second kappa shape index (κ2) is 8.17. The first-order valence-corrected chi connectivity index (χ1v) is 9.12. The van der Waals surface area contributed by atoms with E-state index in [-0.39, 0.29) is 36.6 Å². The molecule has 0 unspecified atom stereocenters. The fraction of sp³-hybridized carbons (Fsp3) is 0.300. The van der Waals surface area contributed by atoms with Crippen molar-refractivity contribution in [2.24, 2.45) is 5.10 Å². The molecule has 3 rings (SSSR count). The van der Waals surface area contributed by atoms with Crippen LogP contribution in [0.15, 0.2) is 51.6 Å². The van der Waals surface area contributed by atoms with E-state index in [1.54, 1.807) is 26.2 Å². The number of aromatic amines is 1. The number of H-pyrrole nitrogens is 1. The molecule has 0 saturated heterocycles. The van der Waals surface area contributed by atoms with Gasteiger partial charge in [-0.3, -0.25) is 19.1 Å². The smallest absolute Gasteiger partial charge is 0.331 e. The SMILES string of the molecule is C=CCn1c(O)c(C2=NN(C(=O)CC)[C@H](c3ccc(OC)cc3)C2)c(=O)[nH]c1=O. The van der Waals surface area contributed by atoms with Crippen molar-refractivity contribution >= 4 is 11.6 Å². The minimum Gasteiger partial charge on any atom is -0.497 e. The van der Waals surface area contributed by atoms with Crippen molar-refractivity contribution in [2.75, 3.05) is 7.11 Å². The average Bonchev–Trinajstić information content (AvgIpc) is 3.15. The van der Waals surface area contributed by atoms with Gasteiger partial charge in [0.1, 0.15) is 11.3 Å². The average molecular weight is 398 g/mol. The third-order valence-corrected chi connectivity index (χ3v) is 4.74. The number of nitrogens with zero attached hydrogens (tertiary/aromatic N) is 3. The Kier molecular flexibility index (Phi) is 5.67. The van der Waals surface area contributed by atoms with Crippen molar-refractivity contribution in [1.82, 2.24) is 14.6 Å². The van der Waals surface area contributed by atoms with Gasteiger partial charge < -0.3 is 9.84 Å². The highest BCUT2D eigenvalue weighted by Crippen LogP contribution is 2.34. The molecule has 1 aromatic heterocycles. The van der Waals surface area contributed by atoms with E-state index in [1.807, 2.05) is 12.1 Å². The highest BCUT2D eigenvalue weighted by atomic mass is 16.5. The lowest BCUT2D eigenvalue weighted by Gasteiger charge is -2.21. The summed E-state index contributed by atoms with van der Waals surface area (Å²) in [6.07, 6.45) is 1.86. The Morgan fingerprint density at radius 3 is 2.66 bits per heavy atom. The molecule has 0 bridgehead atoms. The van der Waals surface area contributed by atoms with Crippen LogP contribution in [0.25, 0.3) is 0 Å². The Hall–Kier alpha value is -3.62. The van der Waals surface area contributed by atoms with Crippen LogP contribution in [0.3, 0.4) is 0 Å². The Labute approximate surface area is 166 Å². The zero-order valence-electron chi connectivity index (χ0n) is 16.2. The van der Waals surface area contributed by atoms with Crippen molar-refractivity contribution in [1.29, 1.82) is 0 Å². The van der Waals surface area contributed by atoms with Crippen molar-refractivity contribution in [3.05, 3.63) is 68.9 Å². The predicted molar refractivity (Wildman–Crippen MR) is 107 cm³/mol. The van der Waals surface area contributed by atoms with Gasteiger partial charge in [0.25, 0.3) is 5.56 Å². The maximum Gasteiger partial charge on any atom is 0.331 e. The van der Waals surface area contributed by atoms with Gasteiger partial charge in [-0.2, -0.15) is 5.10 Å². The molecule has 2 N–H and O–H groups in total. The molecule has 0 radical (unpaired) electrons. The number of amides is 1. The van der Waals surface area contributed by atoms with Crippen molar-refractivity contribution in [2.45, 2.75) is 32.4 Å². The quantitative estimate of drug-likeness (QED) is 0.716. The first kappa shape index (κ1) is 20.1. The number of rotatable bonds is 6. The highest BCUT2D eigenvalue weighted by molar-refractivity contribution is 6.04. The van der Waals surface area contributed by atoms with Gasteiger partial charge in [-0.05, 0) is 17.7 Å². The number of benzene rings is 1. The molecule has 1 atom stereocenters. The standard InChI is InChI=1S/C20H22N4O5/c1-4-10-23-19(27)17(18(26)21-20(23)28)14-11-15(24(22-14)16(25)5-2)12-6-8-13(29-3)9-7-12/h4,6-9,15,27H,1,5,10-11H2,2-3H3,(H,21,26,28)/t15-/m0/s1. The number of hydrogen-bond donors (Lipinski definition) is 2. The van der Waals surface area contributed by atoms with Gasteiger partial charge in [-0.15, -0.1) is 6.58 Å². The topological polar surface area (TPSA) is 117 Å². The number of methoxy groups -OCH3 is 1. The molecule has 2 aromatic rings. The Morgan fingerprint density at radius 2 is 2.07 bits per heavy atom. The summed E-state index contributed by atoms with van der Waals surface area (Å²) in [4.78, 5) is 39.0. The van der Waals surface area contributed by atoms with Gasteiger partial charge in [0.05, 0.1) is 18.9 Å². The summed E-state index contributed by atoms with van der Waals surface area (Å²) in [6.45, 7) is 5.28. The molecular weight excluding hydrogens is 376 g/mol. The van der Waals surface area contributed by atoms with Gasteiger partial charge in [0, 0.05) is 19.4 Å². The van der Waals surface area contributed by atoms with E-state index in [0.717, 1.165) is 10.1 Å². The zero-order valence-corrected chi connectivity index (χ0v) is 16.2. The van der Waals surface area contributed by atoms with Crippen molar-refractivity contribution in [3.63, 3.8) is 0 Å². The molecule has 9 heteroatoms. The van der Waals surface area contributed by atoms with E-state index >= 15 is 0 Å². The highest BCUT2D eigenvalue weighted by Gasteiger charge is 2.35. The Morgan fingerprint density at radius 1 is 1.38 bits per heavy atom. The molecule has 29 heavy (non-hydrogen) atoms. The monoisotopic (exact) mass is 398 g/mol. The summed E-state index contributed by atoms with van der Waals surface area (Å²) in [5.41, 5.74) is -0.601. The summed E-state index contributed by atoms with van der Waals surface area (Å²) in [5.74, 6) is -0.0559. The predicted octanol–water partition coefficient (Wildman–Crippen LogP) is 1.52. The van der Waals surface area contributed by atoms with Crippen LogP contribution in [0, 0.1) is 0 Å². The largest absolute Gasteiger partial charge is 0.497 e. The van der Waals surface area contributed by atoms with Gasteiger partial charge in [-0.1, -0.05) is 25.1 Å². The second-order valence-electron chi connectivity index (χ2n) is 6.49. The van der Waals surface area contributed by atoms with E-state index in [9.17, 15) is 19.5 Å². The normalized spacial score (nSPS) is 15.9. The number of aromatic hydroxyl groups is 1. The van der Waals surface area contributed by atoms with Gasteiger partial charge in [0.15, 0.2) is 0 Å². The molecular formula is C20H22N4O5. The lowest BCUT2D eigenvalue weighted by Crippen LogP contribution is -2.33. The molecule has 0 fully saturated rings. The van der Waals surface area contributed by atoms with E-state index < -0.39 is 23.2 Å². The third-order valence-electron chi connectivity index (χ3n) is 4.74. The van der Waals surface area contributed by atoms with Crippen molar-refractivity contribution < 1.29 is 14.6 Å².